The predicted molar refractivity (Wildman–Crippen MR) is 145 cm³/mol. The number of halogens is 1. The maximum Gasteiger partial charge on any atom is 0.246 e. The molecule has 4 rings (SSSR count). The summed E-state index contributed by atoms with van der Waals surface area (Å²) in [6.45, 7) is 10.3. The van der Waals surface area contributed by atoms with Crippen molar-refractivity contribution in [1.29, 1.82) is 0 Å². The van der Waals surface area contributed by atoms with Crippen LogP contribution in [0, 0.1) is 11.2 Å². The number of benzene rings is 1. The number of anilines is 2. The molecule has 212 valence electrons. The topological polar surface area (TPSA) is 148 Å². The number of nitrogens with one attached hydrogen (secondary N) is 1. The first-order valence-corrected chi connectivity index (χ1v) is 13.2. The standard InChI is InChI=1S/C27H38FN7O4/c1-16-12-17(36)14-35(16)26(39)24(27(2,3)4)30-22(37)15-33-8-10-34(11-9-33)21-13-20(31-32-25(21)29)18-6-5-7-19(28)23(18)38/h5-7,13,16-17,24,36,38H,8-12,14-15H2,1-4H3,(H2,29,32)(H,30,37)/t16-,17-,24-/m1/s1. The number of nitrogens with two attached hydrogens (primary N) is 1. The van der Waals surface area contributed by atoms with E-state index in [-0.39, 0.29) is 42.3 Å². The number of aliphatic hydroxyl groups is 1. The molecule has 0 spiro atoms. The van der Waals surface area contributed by atoms with Gasteiger partial charge in [0, 0.05) is 44.3 Å². The molecule has 0 bridgehead atoms. The lowest BCUT2D eigenvalue weighted by Gasteiger charge is -2.37. The summed E-state index contributed by atoms with van der Waals surface area (Å²) in [4.78, 5) is 32.0. The molecule has 2 saturated heterocycles. The van der Waals surface area contributed by atoms with Crippen molar-refractivity contribution in [2.75, 3.05) is 49.9 Å². The smallest absolute Gasteiger partial charge is 0.246 e. The van der Waals surface area contributed by atoms with Crippen LogP contribution in [0.4, 0.5) is 15.9 Å². The summed E-state index contributed by atoms with van der Waals surface area (Å²) >= 11 is 0. The van der Waals surface area contributed by atoms with E-state index in [1.165, 1.54) is 6.07 Å². The van der Waals surface area contributed by atoms with Crippen LogP contribution in [0.15, 0.2) is 24.3 Å². The van der Waals surface area contributed by atoms with E-state index in [0.717, 1.165) is 6.07 Å². The van der Waals surface area contributed by atoms with Gasteiger partial charge in [-0.2, -0.15) is 0 Å². The van der Waals surface area contributed by atoms with Crippen LogP contribution in [0.2, 0.25) is 0 Å². The lowest BCUT2D eigenvalue weighted by atomic mass is 9.85. The number of piperazine rings is 1. The van der Waals surface area contributed by atoms with Crippen LogP contribution in [0.3, 0.4) is 0 Å². The fourth-order valence-corrected chi connectivity index (χ4v) is 5.18. The number of phenols is 1. The van der Waals surface area contributed by atoms with Crippen molar-refractivity contribution in [3.8, 4) is 17.0 Å². The second kappa shape index (κ2) is 11.3. The number of amides is 2. The molecule has 2 aromatic rings. The third-order valence-corrected chi connectivity index (χ3v) is 7.40. The highest BCUT2D eigenvalue weighted by Gasteiger charge is 2.40. The Bertz CT molecular complexity index is 1210. The molecule has 5 N–H and O–H groups in total. The number of aliphatic hydroxyl groups excluding tert-OH is 1. The van der Waals surface area contributed by atoms with Crippen LogP contribution >= 0.6 is 0 Å². The average Bonchev–Trinajstić information content (AvgIpc) is 3.22. The second-order valence-corrected chi connectivity index (χ2v) is 11.5. The van der Waals surface area contributed by atoms with Crippen molar-refractivity contribution in [2.24, 2.45) is 5.41 Å². The Morgan fingerprint density at radius 3 is 2.51 bits per heavy atom. The number of rotatable bonds is 6. The molecule has 0 radical (unpaired) electrons. The van der Waals surface area contributed by atoms with Crippen LogP contribution in [-0.4, -0.2) is 99.5 Å². The Morgan fingerprint density at radius 2 is 1.90 bits per heavy atom. The summed E-state index contributed by atoms with van der Waals surface area (Å²) < 4.78 is 13.8. The zero-order chi connectivity index (χ0) is 28.5. The van der Waals surface area contributed by atoms with Crippen LogP contribution < -0.4 is 16.0 Å². The number of nitrogen functional groups attached to an aromatic ring is 1. The lowest BCUT2D eigenvalue weighted by Crippen LogP contribution is -2.57. The molecule has 39 heavy (non-hydrogen) atoms. The van der Waals surface area contributed by atoms with Gasteiger partial charge >= 0.3 is 0 Å². The minimum absolute atomic E-state index is 0.0807. The number of aromatic nitrogens is 2. The van der Waals surface area contributed by atoms with Gasteiger partial charge in [0.1, 0.15) is 6.04 Å². The maximum atomic E-state index is 13.8. The molecule has 2 aliphatic rings. The van der Waals surface area contributed by atoms with Gasteiger partial charge in [0.2, 0.25) is 11.8 Å². The number of carbonyl (C=O) groups is 2. The van der Waals surface area contributed by atoms with E-state index >= 15 is 0 Å². The van der Waals surface area contributed by atoms with E-state index in [0.29, 0.717) is 44.0 Å². The van der Waals surface area contributed by atoms with E-state index in [9.17, 15) is 24.2 Å². The van der Waals surface area contributed by atoms with Gasteiger partial charge in [-0.15, -0.1) is 10.2 Å². The first kappa shape index (κ1) is 28.5. The maximum absolute atomic E-state index is 13.8. The third kappa shape index (κ3) is 6.39. The number of hydrogen-bond acceptors (Lipinski definition) is 9. The van der Waals surface area contributed by atoms with E-state index in [4.69, 9.17) is 5.73 Å². The number of aromatic hydroxyl groups is 1. The van der Waals surface area contributed by atoms with E-state index in [1.54, 1.807) is 17.0 Å². The fraction of sp³-hybridized carbons (Fsp3) is 0.556. The first-order chi connectivity index (χ1) is 18.3. The molecule has 2 fully saturated rings. The highest BCUT2D eigenvalue weighted by molar-refractivity contribution is 5.89. The highest BCUT2D eigenvalue weighted by Crippen LogP contribution is 2.33. The number of carbonyl (C=O) groups excluding carboxylic acids is 2. The molecule has 12 heteroatoms. The van der Waals surface area contributed by atoms with Gasteiger partial charge in [-0.3, -0.25) is 14.5 Å². The van der Waals surface area contributed by atoms with Crippen LogP contribution in [0.25, 0.3) is 11.3 Å². The number of phenolic OH excluding ortho intramolecular Hbond substituents is 1. The molecular formula is C27H38FN7O4. The van der Waals surface area contributed by atoms with Crippen molar-refractivity contribution in [1.82, 2.24) is 25.3 Å². The molecule has 1 aromatic carbocycles. The number of β-amino-alcohol motifs (C(OH)–C–C–N with tert-alkyl or cyclic N) is 1. The normalized spacial score (nSPS) is 21.2. The van der Waals surface area contributed by atoms with Crippen LogP contribution in [0.1, 0.15) is 34.1 Å². The van der Waals surface area contributed by atoms with Crippen molar-refractivity contribution < 1.29 is 24.2 Å². The van der Waals surface area contributed by atoms with E-state index < -0.39 is 29.1 Å². The summed E-state index contributed by atoms with van der Waals surface area (Å²) in [5, 5.41) is 31.1. The van der Waals surface area contributed by atoms with Crippen molar-refractivity contribution in [2.45, 2.75) is 52.3 Å². The summed E-state index contributed by atoms with van der Waals surface area (Å²) in [6, 6.07) is 5.09. The van der Waals surface area contributed by atoms with Crippen molar-refractivity contribution in [3.63, 3.8) is 0 Å². The molecule has 0 aliphatic carbocycles. The molecule has 11 nitrogen and oxygen atoms in total. The third-order valence-electron chi connectivity index (χ3n) is 7.40. The highest BCUT2D eigenvalue weighted by atomic mass is 19.1. The van der Waals surface area contributed by atoms with Crippen LogP contribution in [-0.2, 0) is 9.59 Å². The fourth-order valence-electron chi connectivity index (χ4n) is 5.18. The Balaban J connectivity index is 1.37. The van der Waals surface area contributed by atoms with Gasteiger partial charge in [0.25, 0.3) is 0 Å². The van der Waals surface area contributed by atoms with Gasteiger partial charge in [0.15, 0.2) is 17.4 Å². The molecule has 0 saturated carbocycles. The van der Waals surface area contributed by atoms with Gasteiger partial charge in [-0.1, -0.05) is 26.8 Å². The molecule has 2 amide bonds. The summed E-state index contributed by atoms with van der Waals surface area (Å²) in [5.74, 6) is -1.44. The number of para-hydroxylation sites is 1. The monoisotopic (exact) mass is 543 g/mol. The first-order valence-electron chi connectivity index (χ1n) is 13.2. The molecule has 0 unspecified atom stereocenters. The zero-order valence-electron chi connectivity index (χ0n) is 22.9. The summed E-state index contributed by atoms with van der Waals surface area (Å²) in [5.41, 5.74) is 6.74. The molecular weight excluding hydrogens is 505 g/mol. The predicted octanol–water partition coefficient (Wildman–Crippen LogP) is 1.21. The quantitative estimate of drug-likeness (QED) is 0.422. The zero-order valence-corrected chi connectivity index (χ0v) is 22.9. The van der Waals surface area contributed by atoms with E-state index in [2.05, 4.69) is 15.5 Å². The minimum Gasteiger partial charge on any atom is -0.504 e. The van der Waals surface area contributed by atoms with Gasteiger partial charge in [-0.05, 0) is 37.0 Å². The average molecular weight is 544 g/mol. The Hall–Kier alpha value is -3.51. The lowest BCUT2D eigenvalue weighted by molar-refractivity contribution is -0.140. The van der Waals surface area contributed by atoms with Gasteiger partial charge < -0.3 is 31.1 Å². The van der Waals surface area contributed by atoms with Crippen molar-refractivity contribution in [3.05, 3.63) is 30.1 Å². The Kier molecular flexibility index (Phi) is 8.26. The Morgan fingerprint density at radius 1 is 1.21 bits per heavy atom. The van der Waals surface area contributed by atoms with Gasteiger partial charge in [0.05, 0.1) is 24.0 Å². The SMILES string of the molecule is C[C@@H]1C[C@@H](O)CN1C(=O)[C@@H](NC(=O)CN1CCN(c2cc(-c3cccc(F)c3O)nnc2N)CC1)C(C)(C)C. The molecule has 3 atom stereocenters. The minimum atomic E-state index is -0.748. The molecule has 1 aromatic heterocycles. The number of hydrogen-bond donors (Lipinski definition) is 4. The molecule has 3 heterocycles. The molecule has 2 aliphatic heterocycles. The summed E-state index contributed by atoms with van der Waals surface area (Å²) in [6.07, 6.45) is -0.0136. The van der Waals surface area contributed by atoms with Crippen LogP contribution in [0.5, 0.6) is 5.75 Å². The van der Waals surface area contributed by atoms with E-state index in [1.807, 2.05) is 37.5 Å². The Labute approximate surface area is 227 Å². The summed E-state index contributed by atoms with van der Waals surface area (Å²) in [7, 11) is 0. The van der Waals surface area contributed by atoms with Gasteiger partial charge in [-0.25, -0.2) is 4.39 Å². The van der Waals surface area contributed by atoms with Crippen molar-refractivity contribution >= 4 is 23.3 Å². The largest absolute Gasteiger partial charge is 0.504 e. The number of likely N-dealkylation sites (tertiary alicyclic amines) is 1. The number of nitrogens with zero attached hydrogens (tertiary/aromatic N) is 5. The second-order valence-electron chi connectivity index (χ2n) is 11.5.